The Kier molecular flexibility index (Phi) is 3.12. The summed E-state index contributed by atoms with van der Waals surface area (Å²) in [7, 11) is 0. The third-order valence-corrected chi connectivity index (χ3v) is 3.20. The van der Waals surface area contributed by atoms with E-state index in [2.05, 4.69) is 15.9 Å². The number of hydrogen-bond donors (Lipinski definition) is 1. The van der Waals surface area contributed by atoms with E-state index >= 15 is 0 Å². The summed E-state index contributed by atoms with van der Waals surface area (Å²) in [6, 6.07) is 6.00. The van der Waals surface area contributed by atoms with Gasteiger partial charge in [0.05, 0.1) is 12.3 Å². The molecule has 1 aromatic carbocycles. The van der Waals surface area contributed by atoms with E-state index in [4.69, 9.17) is 10.2 Å². The first-order valence-corrected chi connectivity index (χ1v) is 5.63. The quantitative estimate of drug-likeness (QED) is 0.916. The maximum atomic E-state index is 13.2. The van der Waals surface area contributed by atoms with Crippen LogP contribution in [0, 0.1) is 12.7 Å². The molecule has 0 saturated carbocycles. The van der Waals surface area contributed by atoms with Crippen LogP contribution in [0.5, 0.6) is 0 Å². The van der Waals surface area contributed by atoms with Gasteiger partial charge in [0.25, 0.3) is 0 Å². The standard InChI is InChI=1S/C12H11BrFNO/c1-7-2-3-8(14)6-10(7)11(15)9-4-5-16-12(9)13/h2-6,11H,15H2,1H3. The highest BCUT2D eigenvalue weighted by atomic mass is 79.9. The van der Waals surface area contributed by atoms with Crippen molar-refractivity contribution in [2.75, 3.05) is 0 Å². The van der Waals surface area contributed by atoms with Gasteiger partial charge in [-0.15, -0.1) is 0 Å². The molecule has 1 heterocycles. The molecule has 2 N–H and O–H groups in total. The van der Waals surface area contributed by atoms with Gasteiger partial charge in [-0.05, 0) is 52.2 Å². The molecule has 0 amide bonds. The Bertz CT molecular complexity index is 509. The van der Waals surface area contributed by atoms with Gasteiger partial charge >= 0.3 is 0 Å². The maximum absolute atomic E-state index is 13.2. The SMILES string of the molecule is Cc1ccc(F)cc1C(N)c1ccoc1Br. The van der Waals surface area contributed by atoms with Gasteiger partial charge in [0.15, 0.2) is 4.67 Å². The molecule has 0 aliphatic carbocycles. The van der Waals surface area contributed by atoms with Gasteiger partial charge in [-0.3, -0.25) is 0 Å². The lowest BCUT2D eigenvalue weighted by atomic mass is 9.97. The molecule has 1 unspecified atom stereocenters. The summed E-state index contributed by atoms with van der Waals surface area (Å²) in [6.07, 6.45) is 1.55. The van der Waals surface area contributed by atoms with Crippen LogP contribution in [-0.4, -0.2) is 0 Å². The second kappa shape index (κ2) is 4.39. The van der Waals surface area contributed by atoms with E-state index in [1.54, 1.807) is 18.4 Å². The van der Waals surface area contributed by atoms with E-state index in [1.165, 1.54) is 12.1 Å². The van der Waals surface area contributed by atoms with Gasteiger partial charge in [-0.25, -0.2) is 4.39 Å². The molecule has 0 radical (unpaired) electrons. The Morgan fingerprint density at radius 3 is 2.69 bits per heavy atom. The summed E-state index contributed by atoms with van der Waals surface area (Å²) in [6.45, 7) is 1.91. The zero-order valence-electron chi connectivity index (χ0n) is 8.71. The van der Waals surface area contributed by atoms with E-state index in [0.29, 0.717) is 4.67 Å². The van der Waals surface area contributed by atoms with Gasteiger partial charge in [0.1, 0.15) is 5.82 Å². The van der Waals surface area contributed by atoms with Crippen LogP contribution in [0.2, 0.25) is 0 Å². The van der Waals surface area contributed by atoms with Crippen LogP contribution >= 0.6 is 15.9 Å². The minimum absolute atomic E-state index is 0.282. The average Bonchev–Trinajstić information content (AvgIpc) is 2.67. The Hall–Kier alpha value is -1.13. The number of furan rings is 1. The monoisotopic (exact) mass is 283 g/mol. The topological polar surface area (TPSA) is 39.2 Å². The fourth-order valence-electron chi connectivity index (χ4n) is 1.64. The lowest BCUT2D eigenvalue weighted by Crippen LogP contribution is -2.13. The number of halogens is 2. The van der Waals surface area contributed by atoms with Crippen molar-refractivity contribution in [2.45, 2.75) is 13.0 Å². The highest BCUT2D eigenvalue weighted by Gasteiger charge is 2.16. The lowest BCUT2D eigenvalue weighted by molar-refractivity contribution is 0.534. The van der Waals surface area contributed by atoms with Gasteiger partial charge in [0.2, 0.25) is 0 Å². The van der Waals surface area contributed by atoms with Crippen LogP contribution in [-0.2, 0) is 0 Å². The van der Waals surface area contributed by atoms with E-state index in [-0.39, 0.29) is 11.9 Å². The van der Waals surface area contributed by atoms with Gasteiger partial charge in [-0.1, -0.05) is 6.07 Å². The van der Waals surface area contributed by atoms with Crippen LogP contribution in [0.25, 0.3) is 0 Å². The maximum Gasteiger partial charge on any atom is 0.174 e. The number of hydrogen-bond acceptors (Lipinski definition) is 2. The molecule has 2 aromatic rings. The van der Waals surface area contributed by atoms with Crippen LogP contribution in [0.3, 0.4) is 0 Å². The third-order valence-electron chi connectivity index (χ3n) is 2.56. The van der Waals surface area contributed by atoms with Crippen molar-refractivity contribution < 1.29 is 8.81 Å². The molecular formula is C12H11BrFNO. The molecule has 1 aromatic heterocycles. The molecule has 84 valence electrons. The molecule has 4 heteroatoms. The predicted octanol–water partition coefficient (Wildman–Crippen LogP) is 3.54. The molecule has 0 bridgehead atoms. The Morgan fingerprint density at radius 2 is 2.06 bits per heavy atom. The summed E-state index contributed by atoms with van der Waals surface area (Å²) in [5, 5.41) is 0. The summed E-state index contributed by atoms with van der Waals surface area (Å²) >= 11 is 3.27. The first-order valence-electron chi connectivity index (χ1n) is 4.84. The zero-order valence-corrected chi connectivity index (χ0v) is 10.3. The third kappa shape index (κ3) is 2.03. The Labute approximate surface area is 101 Å². The number of rotatable bonds is 2. The minimum atomic E-state index is -0.385. The van der Waals surface area contributed by atoms with Gasteiger partial charge < -0.3 is 10.2 Å². The zero-order chi connectivity index (χ0) is 11.7. The molecule has 0 spiro atoms. The summed E-state index contributed by atoms with van der Waals surface area (Å²) in [5.41, 5.74) is 8.61. The second-order valence-electron chi connectivity index (χ2n) is 3.63. The van der Waals surface area contributed by atoms with Crippen LogP contribution in [0.4, 0.5) is 4.39 Å². The fraction of sp³-hybridized carbons (Fsp3) is 0.167. The van der Waals surface area contributed by atoms with Crippen molar-refractivity contribution in [3.05, 3.63) is 57.7 Å². The predicted molar refractivity (Wildman–Crippen MR) is 63.6 cm³/mol. The normalized spacial score (nSPS) is 12.8. The van der Waals surface area contributed by atoms with Crippen molar-refractivity contribution in [2.24, 2.45) is 5.73 Å². The van der Waals surface area contributed by atoms with Crippen LogP contribution < -0.4 is 5.73 Å². The van der Waals surface area contributed by atoms with E-state index in [1.807, 2.05) is 6.92 Å². The number of aryl methyl sites for hydroxylation is 1. The van der Waals surface area contributed by atoms with E-state index in [0.717, 1.165) is 16.7 Å². The van der Waals surface area contributed by atoms with Crippen molar-refractivity contribution >= 4 is 15.9 Å². The van der Waals surface area contributed by atoms with Gasteiger partial charge in [-0.2, -0.15) is 0 Å². The highest BCUT2D eigenvalue weighted by Crippen LogP contribution is 2.29. The van der Waals surface area contributed by atoms with E-state index < -0.39 is 0 Å². The fourth-order valence-corrected chi connectivity index (χ4v) is 2.13. The Morgan fingerprint density at radius 1 is 1.31 bits per heavy atom. The first kappa shape index (κ1) is 11.4. The van der Waals surface area contributed by atoms with Crippen LogP contribution in [0.1, 0.15) is 22.7 Å². The minimum Gasteiger partial charge on any atom is -0.457 e. The molecule has 0 aliphatic rings. The molecule has 0 saturated heterocycles. The highest BCUT2D eigenvalue weighted by molar-refractivity contribution is 9.10. The summed E-state index contributed by atoms with van der Waals surface area (Å²) in [4.78, 5) is 0. The molecule has 2 rings (SSSR count). The smallest absolute Gasteiger partial charge is 0.174 e. The first-order chi connectivity index (χ1) is 7.59. The average molecular weight is 284 g/mol. The molecule has 2 nitrogen and oxygen atoms in total. The molecule has 0 fully saturated rings. The van der Waals surface area contributed by atoms with Crippen molar-refractivity contribution in [1.82, 2.24) is 0 Å². The summed E-state index contributed by atoms with van der Waals surface area (Å²) < 4.78 is 18.9. The lowest BCUT2D eigenvalue weighted by Gasteiger charge is -2.13. The van der Waals surface area contributed by atoms with Crippen molar-refractivity contribution in [3.63, 3.8) is 0 Å². The second-order valence-corrected chi connectivity index (χ2v) is 4.35. The van der Waals surface area contributed by atoms with E-state index in [9.17, 15) is 4.39 Å². The number of benzene rings is 1. The van der Waals surface area contributed by atoms with Crippen LogP contribution in [0.15, 0.2) is 39.6 Å². The molecular weight excluding hydrogens is 273 g/mol. The molecule has 16 heavy (non-hydrogen) atoms. The van der Waals surface area contributed by atoms with Crippen molar-refractivity contribution in [3.8, 4) is 0 Å². The largest absolute Gasteiger partial charge is 0.457 e. The van der Waals surface area contributed by atoms with Gasteiger partial charge in [0, 0.05) is 5.56 Å². The summed E-state index contributed by atoms with van der Waals surface area (Å²) in [5.74, 6) is -0.282. The molecule has 1 atom stereocenters. The number of nitrogens with two attached hydrogens (primary N) is 1. The molecule has 0 aliphatic heterocycles. The van der Waals surface area contributed by atoms with Crippen molar-refractivity contribution in [1.29, 1.82) is 0 Å². The Balaban J connectivity index is 2.45.